The summed E-state index contributed by atoms with van der Waals surface area (Å²) in [5, 5.41) is 2.38. The molecule has 0 aliphatic carbocycles. The van der Waals surface area contributed by atoms with Crippen molar-refractivity contribution in [2.75, 3.05) is 20.2 Å². The minimum absolute atomic E-state index is 0.0137. The molecule has 126 valence electrons. The minimum Gasteiger partial charge on any atom is -0.460 e. The highest BCUT2D eigenvalue weighted by atomic mass is 32.2. The van der Waals surface area contributed by atoms with E-state index in [4.69, 9.17) is 9.47 Å². The fraction of sp³-hybridized carbons (Fsp3) is 0.286. The molecule has 0 aliphatic rings. The van der Waals surface area contributed by atoms with Crippen molar-refractivity contribution in [3.8, 4) is 5.75 Å². The zero-order valence-electron chi connectivity index (χ0n) is 12.8. The lowest BCUT2D eigenvalue weighted by Gasteiger charge is -2.08. The standard InChI is InChI=1S/C14H18N2O6S/c1-10(2)13(17)21-9-8-16-14(18)22-11-4-6-12(7-5-11)23(19,20)15-3/h4-7,15H,1,8-9H2,2-3H3,(H,16,18). The first-order chi connectivity index (χ1) is 10.8. The third-order valence-electron chi connectivity index (χ3n) is 2.57. The lowest BCUT2D eigenvalue weighted by atomic mass is 10.3. The number of benzene rings is 1. The molecule has 0 spiro atoms. The highest BCUT2D eigenvalue weighted by Crippen LogP contribution is 2.15. The number of amides is 1. The van der Waals surface area contributed by atoms with E-state index < -0.39 is 22.1 Å². The Labute approximate surface area is 134 Å². The first kappa shape index (κ1) is 18.7. The summed E-state index contributed by atoms with van der Waals surface area (Å²) in [5.74, 6) is -0.363. The first-order valence-electron chi connectivity index (χ1n) is 6.58. The van der Waals surface area contributed by atoms with E-state index in [1.807, 2.05) is 0 Å². The zero-order chi connectivity index (χ0) is 17.5. The molecule has 0 radical (unpaired) electrons. The van der Waals surface area contributed by atoms with Crippen molar-refractivity contribution in [2.24, 2.45) is 0 Å². The second-order valence-electron chi connectivity index (χ2n) is 4.41. The van der Waals surface area contributed by atoms with Crippen molar-refractivity contribution < 1.29 is 27.5 Å². The smallest absolute Gasteiger partial charge is 0.412 e. The summed E-state index contributed by atoms with van der Waals surface area (Å²) in [6, 6.07) is 5.32. The van der Waals surface area contributed by atoms with Gasteiger partial charge in [0.05, 0.1) is 11.4 Å². The van der Waals surface area contributed by atoms with Crippen LogP contribution in [0.25, 0.3) is 0 Å². The van der Waals surface area contributed by atoms with Crippen molar-refractivity contribution in [3.63, 3.8) is 0 Å². The molecule has 1 aromatic rings. The summed E-state index contributed by atoms with van der Waals surface area (Å²) >= 11 is 0. The van der Waals surface area contributed by atoms with Crippen molar-refractivity contribution in [3.05, 3.63) is 36.4 Å². The third-order valence-corrected chi connectivity index (χ3v) is 4.00. The van der Waals surface area contributed by atoms with Gasteiger partial charge in [-0.3, -0.25) is 0 Å². The van der Waals surface area contributed by atoms with Crippen LogP contribution in [0, 0.1) is 0 Å². The van der Waals surface area contributed by atoms with Crippen LogP contribution >= 0.6 is 0 Å². The number of nitrogens with one attached hydrogen (secondary N) is 2. The van der Waals surface area contributed by atoms with Gasteiger partial charge in [0, 0.05) is 5.57 Å². The highest BCUT2D eigenvalue weighted by Gasteiger charge is 2.11. The quantitative estimate of drug-likeness (QED) is 0.431. The Kier molecular flexibility index (Phi) is 6.73. The maximum atomic E-state index is 11.5. The maximum absolute atomic E-state index is 11.5. The number of carbonyl (C=O) groups is 2. The number of rotatable bonds is 7. The molecule has 0 saturated carbocycles. The van der Waals surface area contributed by atoms with Gasteiger partial charge in [0.15, 0.2) is 0 Å². The van der Waals surface area contributed by atoms with Gasteiger partial charge in [0.2, 0.25) is 10.0 Å². The molecule has 0 aromatic heterocycles. The molecule has 9 heteroatoms. The zero-order valence-corrected chi connectivity index (χ0v) is 13.6. The number of carbonyl (C=O) groups excluding carboxylic acids is 2. The van der Waals surface area contributed by atoms with Crippen molar-refractivity contribution in [1.29, 1.82) is 0 Å². The summed E-state index contributed by atoms with van der Waals surface area (Å²) in [7, 11) is -2.24. The molecule has 2 N–H and O–H groups in total. The van der Waals surface area contributed by atoms with Crippen molar-refractivity contribution in [1.82, 2.24) is 10.0 Å². The SMILES string of the molecule is C=C(C)C(=O)OCCNC(=O)Oc1ccc(S(=O)(=O)NC)cc1. The van der Waals surface area contributed by atoms with Crippen LogP contribution in [0.2, 0.25) is 0 Å². The van der Waals surface area contributed by atoms with Gasteiger partial charge in [-0.25, -0.2) is 22.7 Å². The Balaban J connectivity index is 2.43. The normalized spacial score (nSPS) is 10.7. The van der Waals surface area contributed by atoms with Gasteiger partial charge in [-0.2, -0.15) is 0 Å². The number of hydrogen-bond donors (Lipinski definition) is 2. The maximum Gasteiger partial charge on any atom is 0.412 e. The van der Waals surface area contributed by atoms with Crippen LogP contribution in [0.1, 0.15) is 6.92 Å². The van der Waals surface area contributed by atoms with Gasteiger partial charge < -0.3 is 14.8 Å². The predicted molar refractivity (Wildman–Crippen MR) is 82.5 cm³/mol. The highest BCUT2D eigenvalue weighted by molar-refractivity contribution is 7.89. The molecule has 0 bridgehead atoms. The molecule has 1 rings (SSSR count). The van der Waals surface area contributed by atoms with Gasteiger partial charge in [-0.15, -0.1) is 0 Å². The van der Waals surface area contributed by atoms with E-state index in [1.165, 1.54) is 38.2 Å². The van der Waals surface area contributed by atoms with Gasteiger partial charge in [0.25, 0.3) is 0 Å². The van der Waals surface area contributed by atoms with Gasteiger partial charge >= 0.3 is 12.1 Å². The largest absolute Gasteiger partial charge is 0.460 e. The summed E-state index contributed by atoms with van der Waals surface area (Å²) in [6.07, 6.45) is -0.749. The fourth-order valence-electron chi connectivity index (χ4n) is 1.37. The monoisotopic (exact) mass is 342 g/mol. The fourth-order valence-corrected chi connectivity index (χ4v) is 2.10. The van der Waals surface area contributed by atoms with Crippen LogP contribution in [0.15, 0.2) is 41.3 Å². The summed E-state index contributed by atoms with van der Waals surface area (Å²) in [4.78, 5) is 22.7. The molecular formula is C14H18N2O6S. The van der Waals surface area contributed by atoms with Crippen LogP contribution in [0.4, 0.5) is 4.79 Å². The van der Waals surface area contributed by atoms with E-state index in [0.717, 1.165) is 0 Å². The van der Waals surface area contributed by atoms with Crippen LogP contribution < -0.4 is 14.8 Å². The van der Waals surface area contributed by atoms with E-state index >= 15 is 0 Å². The molecule has 0 atom stereocenters. The Hall–Kier alpha value is -2.39. The lowest BCUT2D eigenvalue weighted by Crippen LogP contribution is -2.30. The van der Waals surface area contributed by atoms with Crippen molar-refractivity contribution >= 4 is 22.1 Å². The molecule has 0 aliphatic heterocycles. The van der Waals surface area contributed by atoms with E-state index in [2.05, 4.69) is 16.6 Å². The second-order valence-corrected chi connectivity index (χ2v) is 6.30. The Morgan fingerprint density at radius 2 is 1.83 bits per heavy atom. The molecule has 0 unspecified atom stereocenters. The topological polar surface area (TPSA) is 111 Å². The minimum atomic E-state index is -3.54. The van der Waals surface area contributed by atoms with Crippen LogP contribution in [-0.4, -0.2) is 40.7 Å². The Morgan fingerprint density at radius 1 is 1.22 bits per heavy atom. The number of hydrogen-bond acceptors (Lipinski definition) is 6. The molecular weight excluding hydrogens is 324 g/mol. The summed E-state index contributed by atoms with van der Waals surface area (Å²) in [5.41, 5.74) is 0.268. The van der Waals surface area contributed by atoms with Crippen LogP contribution in [0.3, 0.4) is 0 Å². The van der Waals surface area contributed by atoms with Gasteiger partial charge in [-0.1, -0.05) is 6.58 Å². The molecule has 0 fully saturated rings. The molecule has 0 saturated heterocycles. The molecule has 0 heterocycles. The number of sulfonamides is 1. The summed E-state index contributed by atoms with van der Waals surface area (Å²) < 4.78 is 35.0. The Morgan fingerprint density at radius 3 is 2.35 bits per heavy atom. The molecule has 23 heavy (non-hydrogen) atoms. The molecule has 8 nitrogen and oxygen atoms in total. The number of esters is 1. The Bertz CT molecular complexity index is 682. The van der Waals surface area contributed by atoms with E-state index in [9.17, 15) is 18.0 Å². The first-order valence-corrected chi connectivity index (χ1v) is 8.06. The van der Waals surface area contributed by atoms with Crippen LogP contribution in [0.5, 0.6) is 5.75 Å². The van der Waals surface area contributed by atoms with E-state index in [1.54, 1.807) is 0 Å². The number of ether oxygens (including phenoxy) is 2. The molecule has 1 aromatic carbocycles. The predicted octanol–water partition coefficient (Wildman–Crippen LogP) is 0.802. The average Bonchev–Trinajstić information content (AvgIpc) is 2.51. The van der Waals surface area contributed by atoms with Gasteiger partial charge in [0.1, 0.15) is 12.4 Å². The summed E-state index contributed by atoms with van der Waals surface area (Å²) in [6.45, 7) is 5.00. The van der Waals surface area contributed by atoms with E-state index in [-0.39, 0.29) is 29.4 Å². The second kappa shape index (κ2) is 8.30. The van der Waals surface area contributed by atoms with E-state index in [0.29, 0.717) is 0 Å². The molecule has 1 amide bonds. The van der Waals surface area contributed by atoms with Crippen molar-refractivity contribution in [2.45, 2.75) is 11.8 Å². The van der Waals surface area contributed by atoms with Crippen LogP contribution in [-0.2, 0) is 19.6 Å². The average molecular weight is 342 g/mol. The van der Waals surface area contributed by atoms with Gasteiger partial charge in [-0.05, 0) is 38.2 Å². The lowest BCUT2D eigenvalue weighted by molar-refractivity contribution is -0.138. The third kappa shape index (κ3) is 6.09.